The van der Waals surface area contributed by atoms with Gasteiger partial charge in [-0.25, -0.2) is 8.42 Å². The Bertz CT molecular complexity index is 850. The Morgan fingerprint density at radius 1 is 1.43 bits per heavy atom. The van der Waals surface area contributed by atoms with Crippen molar-refractivity contribution in [3.63, 3.8) is 0 Å². The van der Waals surface area contributed by atoms with Gasteiger partial charge in [-0.3, -0.25) is 14.7 Å². The molecule has 7 nitrogen and oxygen atoms in total. The fourth-order valence-electron chi connectivity index (χ4n) is 2.41. The van der Waals surface area contributed by atoms with Crippen LogP contribution in [0.4, 0.5) is 0 Å². The minimum Gasteiger partial charge on any atom is -0.543 e. The molecule has 1 aromatic rings. The minimum atomic E-state index is -3.69. The number of hydrogen-bond acceptors (Lipinski definition) is 6. The van der Waals surface area contributed by atoms with Gasteiger partial charge in [-0.1, -0.05) is 6.07 Å². The number of nitrogens with zero attached hydrogens (tertiary/aromatic N) is 2. The second-order valence-corrected chi connectivity index (χ2v) is 8.09. The van der Waals surface area contributed by atoms with Gasteiger partial charge in [-0.2, -0.15) is 0 Å². The molecule has 0 spiro atoms. The Balaban J connectivity index is 0.00000192. The summed E-state index contributed by atoms with van der Waals surface area (Å²) >= 11 is 1.61. The summed E-state index contributed by atoms with van der Waals surface area (Å²) in [5.74, 6) is -2.65. The van der Waals surface area contributed by atoms with E-state index in [0.717, 1.165) is 4.90 Å². The number of carboxylic acid groups (broad SMARTS) is 1. The van der Waals surface area contributed by atoms with Crippen molar-refractivity contribution in [3.05, 3.63) is 44.9 Å². The molecule has 0 N–H and O–H groups in total. The van der Waals surface area contributed by atoms with E-state index >= 15 is 0 Å². The number of carbonyl (C=O) groups is 2. The van der Waals surface area contributed by atoms with Gasteiger partial charge in [-0.05, 0) is 40.8 Å². The average Bonchev–Trinajstić information content (AvgIpc) is 2.44. The Labute approximate surface area is 167 Å². The number of sulfone groups is 1. The first-order valence-electron chi connectivity index (χ1n) is 6.10. The van der Waals surface area contributed by atoms with Crippen LogP contribution in [0.15, 0.2) is 39.2 Å². The van der Waals surface area contributed by atoms with Crippen LogP contribution in [0.1, 0.15) is 5.69 Å². The van der Waals surface area contributed by atoms with E-state index in [1.165, 1.54) is 12.3 Å². The van der Waals surface area contributed by atoms with Crippen LogP contribution < -0.4 is 34.7 Å². The van der Waals surface area contributed by atoms with Crippen LogP contribution >= 0.6 is 22.6 Å². The minimum absolute atomic E-state index is 0. The third-order valence-electron chi connectivity index (χ3n) is 3.32. The fourth-order valence-corrected chi connectivity index (χ4v) is 5.92. The summed E-state index contributed by atoms with van der Waals surface area (Å²) in [5.41, 5.74) is 0.0740. The van der Waals surface area contributed by atoms with Gasteiger partial charge in [-0.15, -0.1) is 0 Å². The predicted molar refractivity (Wildman–Crippen MR) is 82.7 cm³/mol. The maximum atomic E-state index is 12.3. The number of aromatic nitrogens is 1. The number of β-lactam (4-membered cyclic amide) rings is 1. The van der Waals surface area contributed by atoms with Crippen LogP contribution in [0.25, 0.3) is 6.08 Å². The van der Waals surface area contributed by atoms with Crippen molar-refractivity contribution in [1.29, 1.82) is 0 Å². The zero-order valence-corrected chi connectivity index (χ0v) is 16.9. The van der Waals surface area contributed by atoms with Gasteiger partial charge >= 0.3 is 29.6 Å². The van der Waals surface area contributed by atoms with E-state index < -0.39 is 32.8 Å². The smallest absolute Gasteiger partial charge is 0.543 e. The molecule has 0 aliphatic carbocycles. The number of rotatable bonds is 2. The van der Waals surface area contributed by atoms with E-state index in [1.54, 1.807) is 40.8 Å². The van der Waals surface area contributed by atoms with Crippen molar-refractivity contribution in [2.75, 3.05) is 5.75 Å². The molecule has 2 aliphatic heterocycles. The van der Waals surface area contributed by atoms with E-state index in [0.29, 0.717) is 5.69 Å². The zero-order chi connectivity index (χ0) is 16.1. The second-order valence-electron chi connectivity index (χ2n) is 4.73. The Morgan fingerprint density at radius 2 is 2.13 bits per heavy atom. The number of carbonyl (C=O) groups excluding carboxylic acids is 2. The maximum absolute atomic E-state index is 12.3. The van der Waals surface area contributed by atoms with Crippen molar-refractivity contribution >= 4 is 50.4 Å². The van der Waals surface area contributed by atoms with E-state index in [1.807, 2.05) is 0 Å². The Hall–Kier alpha value is -0.750. The normalized spacial score (nSPS) is 23.9. The Kier molecular flexibility index (Phi) is 5.36. The first kappa shape index (κ1) is 18.6. The van der Waals surface area contributed by atoms with Gasteiger partial charge in [0.05, 0.1) is 28.7 Å². The topological polar surface area (TPSA) is 107 Å². The van der Waals surface area contributed by atoms with Crippen molar-refractivity contribution in [3.8, 4) is 0 Å². The van der Waals surface area contributed by atoms with E-state index in [2.05, 4.69) is 4.98 Å². The second kappa shape index (κ2) is 6.63. The molecule has 1 atom stereocenters. The van der Waals surface area contributed by atoms with Gasteiger partial charge in [0.2, 0.25) is 0 Å². The molecule has 3 rings (SSSR count). The number of hydrogen-bond donors (Lipinski definition) is 0. The number of carboxylic acids is 1. The molecular weight excluding hydrogens is 446 g/mol. The molecule has 0 unspecified atom stereocenters. The molecule has 0 radical (unpaired) electrons. The average molecular weight is 454 g/mol. The van der Waals surface area contributed by atoms with Crippen molar-refractivity contribution < 1.29 is 52.7 Å². The molecule has 0 aromatic carbocycles. The van der Waals surface area contributed by atoms with Gasteiger partial charge in [0.15, 0.2) is 15.2 Å². The van der Waals surface area contributed by atoms with Crippen LogP contribution in [0.5, 0.6) is 0 Å². The quantitative estimate of drug-likeness (QED) is 0.199. The van der Waals surface area contributed by atoms with Gasteiger partial charge in [0.1, 0.15) is 0 Å². The van der Waals surface area contributed by atoms with E-state index in [4.69, 9.17) is 0 Å². The molecule has 1 saturated heterocycles. The number of fused-ring (bicyclic) bond motifs is 1. The molecule has 3 heterocycles. The maximum Gasteiger partial charge on any atom is 1.00 e. The number of halogens is 1. The predicted octanol–water partition coefficient (Wildman–Crippen LogP) is -3.54. The standard InChI is InChI=1S/C13H9IN2O5S.Na/c14-9-6-22(20,21)12-8(5-7-3-1-2-4-15-7)11(17)16(12)10(9)13(18)19;/h1-5,12H,6H2,(H,18,19);/q;+1/p-1/b8-5-;/t12-;/m1./s1. The third kappa shape index (κ3) is 3.12. The summed E-state index contributed by atoms with van der Waals surface area (Å²) in [6.07, 6.45) is 2.88. The van der Waals surface area contributed by atoms with Crippen molar-refractivity contribution in [1.82, 2.24) is 9.88 Å². The van der Waals surface area contributed by atoms with Gasteiger partial charge in [0.25, 0.3) is 5.91 Å². The summed E-state index contributed by atoms with van der Waals surface area (Å²) in [5, 5.41) is 9.90. The van der Waals surface area contributed by atoms with Crippen LogP contribution in [0.2, 0.25) is 0 Å². The van der Waals surface area contributed by atoms with Crippen molar-refractivity contribution in [2.45, 2.75) is 5.37 Å². The Morgan fingerprint density at radius 3 is 2.70 bits per heavy atom. The molecule has 2 aliphatic rings. The molecule has 114 valence electrons. The van der Waals surface area contributed by atoms with Crippen LogP contribution in [-0.4, -0.2) is 41.3 Å². The van der Waals surface area contributed by atoms with Crippen LogP contribution in [-0.2, 0) is 19.4 Å². The summed E-state index contributed by atoms with van der Waals surface area (Å²) in [7, 11) is -3.69. The van der Waals surface area contributed by atoms with E-state index in [-0.39, 0.29) is 44.4 Å². The largest absolute Gasteiger partial charge is 1.00 e. The molecular formula is C13H8IN2NaO5S. The number of pyridine rings is 1. The number of amides is 1. The summed E-state index contributed by atoms with van der Waals surface area (Å²) in [6.45, 7) is 0. The molecule has 1 aromatic heterocycles. The summed E-state index contributed by atoms with van der Waals surface area (Å²) in [6, 6.07) is 5.01. The number of aliphatic carboxylic acids is 1. The van der Waals surface area contributed by atoms with Gasteiger partial charge < -0.3 is 9.90 Å². The first-order valence-corrected chi connectivity index (χ1v) is 8.90. The molecule has 10 heteroatoms. The van der Waals surface area contributed by atoms with Crippen LogP contribution in [0.3, 0.4) is 0 Å². The van der Waals surface area contributed by atoms with Gasteiger partial charge in [0, 0.05) is 9.78 Å². The molecule has 0 bridgehead atoms. The third-order valence-corrected chi connectivity index (χ3v) is 6.56. The van der Waals surface area contributed by atoms with Crippen molar-refractivity contribution in [2.24, 2.45) is 0 Å². The monoisotopic (exact) mass is 454 g/mol. The van der Waals surface area contributed by atoms with E-state index in [9.17, 15) is 23.1 Å². The first-order chi connectivity index (χ1) is 10.3. The molecule has 0 saturated carbocycles. The SMILES string of the molecule is O=C([O-])C1=C(I)CS(=O)(=O)[C@@H]2/C(=C\c3ccccn3)C(=O)N12.[Na+]. The molecule has 1 amide bonds. The fraction of sp³-hybridized carbons (Fsp3) is 0.154. The molecule has 1 fully saturated rings. The molecule has 23 heavy (non-hydrogen) atoms. The van der Waals surface area contributed by atoms with Crippen LogP contribution in [0, 0.1) is 0 Å². The summed E-state index contributed by atoms with van der Waals surface area (Å²) in [4.78, 5) is 28.1. The zero-order valence-electron chi connectivity index (χ0n) is 11.9. The summed E-state index contributed by atoms with van der Waals surface area (Å²) < 4.78 is 24.6.